The van der Waals surface area contributed by atoms with E-state index >= 15 is 0 Å². The Balaban J connectivity index is 1.74. The van der Waals surface area contributed by atoms with Crippen molar-refractivity contribution in [3.05, 3.63) is 71.8 Å². The number of hydrogen-bond acceptors (Lipinski definition) is 7. The highest BCUT2D eigenvalue weighted by Gasteiger charge is 2.33. The van der Waals surface area contributed by atoms with E-state index in [0.717, 1.165) is 11.1 Å². The Bertz CT molecular complexity index is 1370. The first-order valence-electron chi connectivity index (χ1n) is 17.7. The van der Waals surface area contributed by atoms with Crippen LogP contribution in [-0.4, -0.2) is 91.5 Å². The van der Waals surface area contributed by atoms with E-state index in [0.29, 0.717) is 64.6 Å². The van der Waals surface area contributed by atoms with E-state index in [1.165, 1.54) is 0 Å². The van der Waals surface area contributed by atoms with Crippen LogP contribution in [0.5, 0.6) is 0 Å². The van der Waals surface area contributed by atoms with Crippen LogP contribution in [0.1, 0.15) is 63.5 Å². The van der Waals surface area contributed by atoms with Gasteiger partial charge in [0, 0.05) is 32.6 Å². The predicted octanol–water partition coefficient (Wildman–Crippen LogP) is 1.35. The molecule has 1 aliphatic heterocycles. The summed E-state index contributed by atoms with van der Waals surface area (Å²) in [5.74, 6) is -1.64. The van der Waals surface area contributed by atoms with Crippen molar-refractivity contribution in [1.29, 1.82) is 0 Å². The van der Waals surface area contributed by atoms with Gasteiger partial charge in [0.05, 0.1) is 6.04 Å². The first-order chi connectivity index (χ1) is 24.0. The van der Waals surface area contributed by atoms with Gasteiger partial charge in [-0.15, -0.1) is 0 Å². The second-order valence-electron chi connectivity index (χ2n) is 13.4. The molecule has 2 aromatic carbocycles. The molecule has 0 aliphatic carbocycles. The zero-order valence-electron chi connectivity index (χ0n) is 29.7. The Kier molecular flexibility index (Phi) is 16.7. The number of benzene rings is 2. The number of rotatable bonds is 18. The first kappa shape index (κ1) is 39.9. The van der Waals surface area contributed by atoms with Crippen LogP contribution in [0.2, 0.25) is 0 Å². The van der Waals surface area contributed by atoms with E-state index in [1.54, 1.807) is 11.9 Å². The van der Waals surface area contributed by atoms with Crippen molar-refractivity contribution in [1.82, 2.24) is 31.5 Å². The van der Waals surface area contributed by atoms with Crippen LogP contribution in [0.15, 0.2) is 60.7 Å². The molecule has 274 valence electrons. The van der Waals surface area contributed by atoms with Crippen LogP contribution in [0.3, 0.4) is 0 Å². The van der Waals surface area contributed by atoms with Crippen LogP contribution in [0, 0.1) is 5.92 Å². The second-order valence-corrected chi connectivity index (χ2v) is 13.4. The lowest BCUT2D eigenvalue weighted by atomic mass is 9.99. The normalized spacial score (nSPS) is 15.7. The third kappa shape index (κ3) is 13.4. The highest BCUT2D eigenvalue weighted by Crippen LogP contribution is 2.15. The number of amides is 6. The molecule has 0 bridgehead atoms. The number of nitrogens with one attached hydrogen (secondary N) is 5. The Morgan fingerprint density at radius 2 is 1.30 bits per heavy atom. The Morgan fingerprint density at radius 1 is 0.760 bits per heavy atom. The highest BCUT2D eigenvalue weighted by atomic mass is 16.2. The number of likely N-dealkylation sites (tertiary alicyclic amines) is 1. The van der Waals surface area contributed by atoms with Crippen molar-refractivity contribution in [2.24, 2.45) is 17.4 Å². The molecule has 9 N–H and O–H groups in total. The Hall–Kier alpha value is -4.49. The third-order valence-corrected chi connectivity index (χ3v) is 8.82. The SMILES string of the molecule is CNC(=O)NC1CCN(C(=O)[C@@H](CCCCN)NC(=O)[C@@H](CC(C)C)NC(=O)[C@@H](Cc2ccccc2)NC(=O)[C@H](N)Cc2ccccc2)CC1. The summed E-state index contributed by atoms with van der Waals surface area (Å²) in [7, 11) is 1.56. The zero-order chi connectivity index (χ0) is 36.5. The standard InChI is InChI=1S/C37H56N8O5/c1-25(2)22-31(34(47)42-30(16-10-11-19-38)36(49)45-20-17-28(18-21-45)41-37(50)40-3)44-35(48)32(24-27-14-8-5-9-15-27)43-33(46)29(39)23-26-12-6-4-7-13-26/h4-9,12-15,25,28-32H,10-11,16-24,38-39H2,1-3H3,(H,42,47)(H,43,46)(H,44,48)(H2,40,41,50)/t29-,30-,31-,32-/m1/s1. The van der Waals surface area contributed by atoms with E-state index in [9.17, 15) is 24.0 Å². The summed E-state index contributed by atoms with van der Waals surface area (Å²) in [6.45, 7) is 5.23. The van der Waals surface area contributed by atoms with E-state index in [4.69, 9.17) is 11.5 Å². The highest BCUT2D eigenvalue weighted by molar-refractivity contribution is 5.95. The summed E-state index contributed by atoms with van der Waals surface area (Å²) in [6.07, 6.45) is 3.72. The fourth-order valence-electron chi connectivity index (χ4n) is 6.02. The summed E-state index contributed by atoms with van der Waals surface area (Å²) in [6, 6.07) is 14.7. The third-order valence-electron chi connectivity index (χ3n) is 8.82. The monoisotopic (exact) mass is 692 g/mol. The summed E-state index contributed by atoms with van der Waals surface area (Å²) in [5.41, 5.74) is 13.7. The van der Waals surface area contributed by atoms with Crippen LogP contribution in [0.25, 0.3) is 0 Å². The number of urea groups is 1. The minimum absolute atomic E-state index is 0.0331. The molecule has 13 nitrogen and oxygen atoms in total. The van der Waals surface area contributed by atoms with Gasteiger partial charge in [0.15, 0.2) is 0 Å². The van der Waals surface area contributed by atoms with Crippen molar-refractivity contribution in [3.63, 3.8) is 0 Å². The maximum absolute atomic E-state index is 13.9. The van der Waals surface area contributed by atoms with Gasteiger partial charge in [0.2, 0.25) is 23.6 Å². The van der Waals surface area contributed by atoms with Gasteiger partial charge in [-0.1, -0.05) is 74.5 Å². The van der Waals surface area contributed by atoms with Crippen molar-refractivity contribution < 1.29 is 24.0 Å². The molecule has 0 radical (unpaired) electrons. The lowest BCUT2D eigenvalue weighted by Gasteiger charge is -2.35. The van der Waals surface area contributed by atoms with Gasteiger partial charge in [-0.25, -0.2) is 4.79 Å². The molecule has 3 rings (SSSR count). The van der Waals surface area contributed by atoms with Crippen molar-refractivity contribution in [2.75, 3.05) is 26.7 Å². The molecule has 1 heterocycles. The average molecular weight is 693 g/mol. The van der Waals surface area contributed by atoms with E-state index in [-0.39, 0.29) is 30.3 Å². The van der Waals surface area contributed by atoms with E-state index in [2.05, 4.69) is 26.6 Å². The number of carbonyl (C=O) groups excluding carboxylic acids is 5. The molecule has 0 unspecified atom stereocenters. The maximum atomic E-state index is 13.9. The molecule has 1 saturated heterocycles. The minimum Gasteiger partial charge on any atom is -0.343 e. The summed E-state index contributed by atoms with van der Waals surface area (Å²) in [5, 5.41) is 14.1. The molecule has 13 heteroatoms. The van der Waals surface area contributed by atoms with E-state index < -0.39 is 41.9 Å². The molecule has 4 atom stereocenters. The van der Waals surface area contributed by atoms with Crippen LogP contribution in [0.4, 0.5) is 4.79 Å². The summed E-state index contributed by atoms with van der Waals surface area (Å²) < 4.78 is 0. The lowest BCUT2D eigenvalue weighted by Crippen LogP contribution is -2.59. The molecule has 0 saturated carbocycles. The minimum atomic E-state index is -0.999. The molecule has 1 fully saturated rings. The smallest absolute Gasteiger partial charge is 0.314 e. The zero-order valence-corrected chi connectivity index (χ0v) is 29.7. The van der Waals surface area contributed by atoms with Gasteiger partial charge in [0.25, 0.3) is 0 Å². The largest absolute Gasteiger partial charge is 0.343 e. The fraction of sp³-hybridized carbons (Fsp3) is 0.541. The molecule has 6 amide bonds. The van der Waals surface area contributed by atoms with Gasteiger partial charge < -0.3 is 43.0 Å². The van der Waals surface area contributed by atoms with Gasteiger partial charge in [-0.3, -0.25) is 19.2 Å². The fourth-order valence-corrected chi connectivity index (χ4v) is 6.02. The Labute approximate surface area is 296 Å². The van der Waals surface area contributed by atoms with Gasteiger partial charge in [0.1, 0.15) is 18.1 Å². The molecule has 0 spiro atoms. The van der Waals surface area contributed by atoms with Crippen LogP contribution >= 0.6 is 0 Å². The van der Waals surface area contributed by atoms with Crippen molar-refractivity contribution in [2.45, 2.75) is 95.4 Å². The maximum Gasteiger partial charge on any atom is 0.314 e. The number of piperidine rings is 1. The van der Waals surface area contributed by atoms with Crippen molar-refractivity contribution in [3.8, 4) is 0 Å². The lowest BCUT2D eigenvalue weighted by molar-refractivity contribution is -0.138. The number of nitrogens with zero attached hydrogens (tertiary/aromatic N) is 1. The Morgan fingerprint density at radius 3 is 1.86 bits per heavy atom. The summed E-state index contributed by atoms with van der Waals surface area (Å²) >= 11 is 0. The van der Waals surface area contributed by atoms with E-state index in [1.807, 2.05) is 74.5 Å². The van der Waals surface area contributed by atoms with Crippen LogP contribution in [-0.2, 0) is 32.0 Å². The molecule has 0 aromatic heterocycles. The predicted molar refractivity (Wildman–Crippen MR) is 194 cm³/mol. The topological polar surface area (TPSA) is 201 Å². The molecule has 50 heavy (non-hydrogen) atoms. The van der Waals surface area contributed by atoms with Gasteiger partial charge in [-0.05, 0) is 68.5 Å². The second kappa shape index (κ2) is 20.9. The first-order valence-corrected chi connectivity index (χ1v) is 17.7. The molecular formula is C37H56N8O5. The van der Waals surface area contributed by atoms with Crippen LogP contribution < -0.4 is 38.1 Å². The summed E-state index contributed by atoms with van der Waals surface area (Å²) in [4.78, 5) is 68.3. The number of hydrogen-bond donors (Lipinski definition) is 7. The average Bonchev–Trinajstić information content (AvgIpc) is 3.11. The quantitative estimate of drug-likeness (QED) is 0.114. The van der Waals surface area contributed by atoms with Gasteiger partial charge in [-0.2, -0.15) is 0 Å². The number of unbranched alkanes of at least 4 members (excludes halogenated alkanes) is 1. The van der Waals surface area contributed by atoms with Crippen molar-refractivity contribution >= 4 is 29.7 Å². The molecule has 2 aromatic rings. The van der Waals surface area contributed by atoms with Gasteiger partial charge >= 0.3 is 6.03 Å². The molecular weight excluding hydrogens is 636 g/mol. The number of carbonyl (C=O) groups is 5. The molecule has 1 aliphatic rings. The number of nitrogens with two attached hydrogens (primary N) is 2.